The van der Waals surface area contributed by atoms with Crippen LogP contribution in [0.1, 0.15) is 32.0 Å². The first kappa shape index (κ1) is 19.4. The van der Waals surface area contributed by atoms with Gasteiger partial charge in [0, 0.05) is 22.9 Å². The number of halogens is 2. The van der Waals surface area contributed by atoms with Gasteiger partial charge >= 0.3 is 0 Å². The summed E-state index contributed by atoms with van der Waals surface area (Å²) in [4.78, 5) is 30.3. The van der Waals surface area contributed by atoms with Gasteiger partial charge in [0.2, 0.25) is 5.78 Å². The number of imidazole rings is 1. The molecule has 0 atom stereocenters. The molecule has 0 N–H and O–H groups in total. The zero-order valence-corrected chi connectivity index (χ0v) is 16.0. The summed E-state index contributed by atoms with van der Waals surface area (Å²) < 4.78 is 27.7. The first-order valence-corrected chi connectivity index (χ1v) is 9.19. The van der Waals surface area contributed by atoms with Gasteiger partial charge in [-0.15, -0.1) is 0 Å². The third-order valence-corrected chi connectivity index (χ3v) is 4.66. The molecule has 0 fully saturated rings. The smallest absolute Gasteiger partial charge is 0.263 e. The van der Waals surface area contributed by atoms with Crippen LogP contribution in [-0.4, -0.2) is 21.2 Å². The fourth-order valence-electron chi connectivity index (χ4n) is 3.03. The summed E-state index contributed by atoms with van der Waals surface area (Å²) >= 11 is 0. The number of aromatic nitrogens is 2. The molecule has 0 spiro atoms. The predicted molar refractivity (Wildman–Crippen MR) is 108 cm³/mol. The van der Waals surface area contributed by atoms with Gasteiger partial charge in [-0.25, -0.2) is 13.8 Å². The van der Waals surface area contributed by atoms with Crippen LogP contribution < -0.4 is 0 Å². The predicted octanol–water partition coefficient (Wildman–Crippen LogP) is 5.06. The quantitative estimate of drug-likeness (QED) is 0.449. The summed E-state index contributed by atoms with van der Waals surface area (Å²) in [6.45, 7) is 1.93. The molecule has 4 rings (SSSR count). The Labute approximate surface area is 171 Å². The summed E-state index contributed by atoms with van der Waals surface area (Å²) in [5.74, 6) is -1.51. The van der Waals surface area contributed by atoms with Crippen molar-refractivity contribution in [1.82, 2.24) is 9.55 Å². The number of nitrogens with zero attached hydrogens (tertiary/aromatic N) is 2. The van der Waals surface area contributed by atoms with E-state index in [1.54, 1.807) is 12.1 Å². The van der Waals surface area contributed by atoms with Crippen molar-refractivity contribution in [3.63, 3.8) is 0 Å². The van der Waals surface area contributed by atoms with Crippen LogP contribution in [0.3, 0.4) is 0 Å². The SMILES string of the molecule is Cc1ccc(-c2nc(C(=O)c3ccc(F)cc3)cn2C(=O)c2ccc(F)cc2)cc1. The van der Waals surface area contributed by atoms with E-state index in [4.69, 9.17) is 0 Å². The molecular weight excluding hydrogens is 386 g/mol. The maximum atomic E-state index is 13.3. The lowest BCUT2D eigenvalue weighted by Crippen LogP contribution is -2.12. The van der Waals surface area contributed by atoms with Crippen LogP contribution in [0.25, 0.3) is 11.4 Å². The summed E-state index contributed by atoms with van der Waals surface area (Å²) in [5, 5.41) is 0. The summed E-state index contributed by atoms with van der Waals surface area (Å²) in [6, 6.07) is 17.6. The van der Waals surface area contributed by atoms with Gasteiger partial charge in [0.05, 0.1) is 0 Å². The number of carbonyl (C=O) groups excluding carboxylic acids is 2. The number of hydrogen-bond acceptors (Lipinski definition) is 3. The molecule has 0 radical (unpaired) electrons. The van der Waals surface area contributed by atoms with Gasteiger partial charge in [-0.05, 0) is 55.5 Å². The number of rotatable bonds is 4. The largest absolute Gasteiger partial charge is 0.287 e. The Kier molecular flexibility index (Phi) is 5.06. The van der Waals surface area contributed by atoms with E-state index < -0.39 is 23.3 Å². The molecule has 6 heteroatoms. The molecule has 0 aliphatic rings. The Bertz CT molecular complexity index is 1230. The van der Waals surface area contributed by atoms with Gasteiger partial charge in [0.25, 0.3) is 5.91 Å². The van der Waals surface area contributed by atoms with E-state index >= 15 is 0 Å². The first-order valence-electron chi connectivity index (χ1n) is 9.19. The van der Waals surface area contributed by atoms with Crippen LogP contribution in [0.5, 0.6) is 0 Å². The molecule has 0 saturated heterocycles. The van der Waals surface area contributed by atoms with Crippen LogP contribution in [0, 0.1) is 18.6 Å². The second-order valence-corrected chi connectivity index (χ2v) is 6.83. The highest BCUT2D eigenvalue weighted by atomic mass is 19.1. The van der Waals surface area contributed by atoms with Gasteiger partial charge in [0.15, 0.2) is 0 Å². The fourth-order valence-corrected chi connectivity index (χ4v) is 3.03. The van der Waals surface area contributed by atoms with Crippen molar-refractivity contribution in [3.05, 3.63) is 113 Å². The first-order chi connectivity index (χ1) is 14.4. The van der Waals surface area contributed by atoms with E-state index in [9.17, 15) is 18.4 Å². The van der Waals surface area contributed by atoms with Crippen molar-refractivity contribution >= 4 is 11.7 Å². The van der Waals surface area contributed by atoms with Crippen molar-refractivity contribution in [2.75, 3.05) is 0 Å². The van der Waals surface area contributed by atoms with E-state index in [0.717, 1.165) is 5.56 Å². The van der Waals surface area contributed by atoms with E-state index in [1.165, 1.54) is 59.3 Å². The molecule has 1 aromatic heterocycles. The lowest BCUT2D eigenvalue weighted by atomic mass is 10.1. The normalized spacial score (nSPS) is 10.8. The van der Waals surface area contributed by atoms with Gasteiger partial charge in [-0.1, -0.05) is 29.8 Å². The maximum absolute atomic E-state index is 13.3. The third kappa shape index (κ3) is 3.80. The lowest BCUT2D eigenvalue weighted by Gasteiger charge is -2.07. The Morgan fingerprint density at radius 2 is 1.30 bits per heavy atom. The number of benzene rings is 3. The zero-order chi connectivity index (χ0) is 21.3. The molecule has 0 amide bonds. The van der Waals surface area contributed by atoms with Gasteiger partial charge < -0.3 is 0 Å². The second kappa shape index (κ2) is 7.83. The molecule has 30 heavy (non-hydrogen) atoms. The van der Waals surface area contributed by atoms with Crippen LogP contribution in [0.15, 0.2) is 79.0 Å². The van der Waals surface area contributed by atoms with Gasteiger partial charge in [0.1, 0.15) is 23.2 Å². The molecule has 4 aromatic rings. The van der Waals surface area contributed by atoms with Gasteiger partial charge in [-0.2, -0.15) is 0 Å². The Balaban J connectivity index is 1.81. The van der Waals surface area contributed by atoms with Crippen molar-refractivity contribution in [2.45, 2.75) is 6.92 Å². The maximum Gasteiger partial charge on any atom is 0.263 e. The summed E-state index contributed by atoms with van der Waals surface area (Å²) in [5.41, 5.74) is 2.24. The van der Waals surface area contributed by atoms with Gasteiger partial charge in [-0.3, -0.25) is 14.2 Å². The van der Waals surface area contributed by atoms with E-state index in [2.05, 4.69) is 4.98 Å². The van der Waals surface area contributed by atoms with Crippen molar-refractivity contribution in [1.29, 1.82) is 0 Å². The third-order valence-electron chi connectivity index (χ3n) is 4.66. The number of ketones is 1. The van der Waals surface area contributed by atoms with Crippen LogP contribution in [-0.2, 0) is 0 Å². The highest BCUT2D eigenvalue weighted by Gasteiger charge is 2.21. The molecule has 1 heterocycles. The molecule has 0 bridgehead atoms. The standard InChI is InChI=1S/C24H16F2N2O2/c1-15-2-4-17(5-3-15)23-27-21(22(29)16-6-10-19(25)11-7-16)14-28(23)24(30)18-8-12-20(26)13-9-18/h2-14H,1H3. The number of carbonyl (C=O) groups is 2. The monoisotopic (exact) mass is 402 g/mol. The Morgan fingerprint density at radius 1 is 0.767 bits per heavy atom. The zero-order valence-electron chi connectivity index (χ0n) is 16.0. The molecule has 3 aromatic carbocycles. The topological polar surface area (TPSA) is 52.0 Å². The molecular formula is C24H16F2N2O2. The van der Waals surface area contributed by atoms with Crippen molar-refractivity contribution < 1.29 is 18.4 Å². The molecule has 4 nitrogen and oxygen atoms in total. The lowest BCUT2D eigenvalue weighted by molar-refractivity contribution is 0.0961. The van der Waals surface area contributed by atoms with E-state index in [-0.39, 0.29) is 22.6 Å². The van der Waals surface area contributed by atoms with Crippen molar-refractivity contribution in [2.24, 2.45) is 0 Å². The molecule has 0 saturated carbocycles. The molecule has 148 valence electrons. The Hall–Kier alpha value is -3.93. The van der Waals surface area contributed by atoms with Crippen molar-refractivity contribution in [3.8, 4) is 11.4 Å². The highest BCUT2D eigenvalue weighted by Crippen LogP contribution is 2.23. The fraction of sp³-hybridized carbons (Fsp3) is 0.0417. The minimum Gasteiger partial charge on any atom is -0.287 e. The van der Waals surface area contributed by atoms with E-state index in [1.807, 2.05) is 19.1 Å². The Morgan fingerprint density at radius 3 is 1.87 bits per heavy atom. The van der Waals surface area contributed by atoms with Crippen LogP contribution in [0.4, 0.5) is 8.78 Å². The minimum atomic E-state index is -0.455. The molecule has 0 aliphatic heterocycles. The molecule has 0 unspecified atom stereocenters. The number of hydrogen-bond donors (Lipinski definition) is 0. The van der Waals surface area contributed by atoms with Crippen LogP contribution >= 0.6 is 0 Å². The average Bonchev–Trinajstić information content (AvgIpc) is 3.20. The number of aryl methyl sites for hydroxylation is 1. The summed E-state index contributed by atoms with van der Waals surface area (Å²) in [6.07, 6.45) is 1.35. The molecule has 0 aliphatic carbocycles. The minimum absolute atomic E-state index is 0.0487. The summed E-state index contributed by atoms with van der Waals surface area (Å²) in [7, 11) is 0. The van der Waals surface area contributed by atoms with E-state index in [0.29, 0.717) is 5.56 Å². The van der Waals surface area contributed by atoms with Crippen LogP contribution in [0.2, 0.25) is 0 Å². The average molecular weight is 402 g/mol. The second-order valence-electron chi connectivity index (χ2n) is 6.83. The highest BCUT2D eigenvalue weighted by molar-refractivity contribution is 6.09.